The van der Waals surface area contributed by atoms with E-state index in [9.17, 15) is 4.79 Å². The average Bonchev–Trinajstić information content (AvgIpc) is 2.17. The van der Waals surface area contributed by atoms with E-state index in [2.05, 4.69) is 6.92 Å². The van der Waals surface area contributed by atoms with Crippen molar-refractivity contribution in [1.29, 1.82) is 0 Å². The number of carbonyl (C=O) groups excluding carboxylic acids is 1. The molecule has 13 heavy (non-hydrogen) atoms. The molecule has 0 saturated heterocycles. The monoisotopic (exact) mass is 186 g/mol. The average molecular weight is 186 g/mol. The van der Waals surface area contributed by atoms with Gasteiger partial charge in [-0.15, -0.1) is 0 Å². The third kappa shape index (κ3) is 4.27. The number of carbonyl (C=O) groups is 1. The molecule has 3 nitrogen and oxygen atoms in total. The van der Waals surface area contributed by atoms with Gasteiger partial charge in [-0.25, -0.2) is 0 Å². The lowest BCUT2D eigenvalue weighted by Crippen LogP contribution is -2.43. The van der Waals surface area contributed by atoms with Crippen LogP contribution in [0, 0.1) is 0 Å². The Morgan fingerprint density at radius 1 is 1.38 bits per heavy atom. The van der Waals surface area contributed by atoms with Crippen molar-refractivity contribution in [2.24, 2.45) is 5.73 Å². The highest BCUT2D eigenvalue weighted by Crippen LogP contribution is 1.99. The molecule has 0 aromatic rings. The highest BCUT2D eigenvalue weighted by atomic mass is 16.2. The van der Waals surface area contributed by atoms with E-state index in [1.807, 2.05) is 18.7 Å². The Bertz CT molecular complexity index is 148. The molecule has 0 bridgehead atoms. The van der Waals surface area contributed by atoms with Gasteiger partial charge in [0.1, 0.15) is 0 Å². The fourth-order valence-electron chi connectivity index (χ4n) is 1.18. The highest BCUT2D eigenvalue weighted by Gasteiger charge is 2.16. The van der Waals surface area contributed by atoms with Gasteiger partial charge in [0.2, 0.25) is 5.91 Å². The molecule has 0 aliphatic rings. The van der Waals surface area contributed by atoms with Gasteiger partial charge < -0.3 is 10.6 Å². The lowest BCUT2D eigenvalue weighted by molar-refractivity contribution is -0.132. The molecule has 0 rings (SSSR count). The fraction of sp³-hybridized carbons (Fsp3) is 0.900. The minimum absolute atomic E-state index is 0.0958. The van der Waals surface area contributed by atoms with Crippen LogP contribution in [0.2, 0.25) is 0 Å². The third-order valence-electron chi connectivity index (χ3n) is 2.23. The summed E-state index contributed by atoms with van der Waals surface area (Å²) >= 11 is 0. The van der Waals surface area contributed by atoms with Gasteiger partial charge >= 0.3 is 0 Å². The molecular formula is C10H22N2O. The lowest BCUT2D eigenvalue weighted by atomic mass is 10.2. The Morgan fingerprint density at radius 3 is 2.38 bits per heavy atom. The molecule has 0 aliphatic heterocycles. The first kappa shape index (κ1) is 12.4. The van der Waals surface area contributed by atoms with Gasteiger partial charge in [0.15, 0.2) is 0 Å². The summed E-state index contributed by atoms with van der Waals surface area (Å²) in [5.41, 5.74) is 5.67. The zero-order valence-corrected chi connectivity index (χ0v) is 9.05. The standard InChI is InChI=1S/C10H22N2O/c1-4-7-8-12(6-3)10(13)9(11)5-2/h9H,4-8,11H2,1-3H3. The van der Waals surface area contributed by atoms with Crippen LogP contribution in [0.5, 0.6) is 0 Å². The minimum Gasteiger partial charge on any atom is -0.342 e. The van der Waals surface area contributed by atoms with Crippen LogP contribution in [0.15, 0.2) is 0 Å². The number of nitrogens with two attached hydrogens (primary N) is 1. The van der Waals surface area contributed by atoms with Crippen LogP contribution < -0.4 is 5.73 Å². The van der Waals surface area contributed by atoms with Gasteiger partial charge in [0, 0.05) is 13.1 Å². The van der Waals surface area contributed by atoms with Crippen LogP contribution in [0.4, 0.5) is 0 Å². The summed E-state index contributed by atoms with van der Waals surface area (Å²) in [4.78, 5) is 13.5. The van der Waals surface area contributed by atoms with Gasteiger partial charge in [-0.3, -0.25) is 4.79 Å². The lowest BCUT2D eigenvalue weighted by Gasteiger charge is -2.23. The maximum absolute atomic E-state index is 11.6. The SMILES string of the molecule is CCCCN(CC)C(=O)C(N)CC. The predicted octanol–water partition coefficient (Wildman–Crippen LogP) is 1.37. The van der Waals surface area contributed by atoms with Crippen LogP contribution in [0.1, 0.15) is 40.0 Å². The number of likely N-dealkylation sites (N-methyl/N-ethyl adjacent to an activating group) is 1. The minimum atomic E-state index is -0.309. The second-order valence-electron chi connectivity index (χ2n) is 3.29. The van der Waals surface area contributed by atoms with Crippen LogP contribution in [0.3, 0.4) is 0 Å². The Morgan fingerprint density at radius 2 is 2.00 bits per heavy atom. The summed E-state index contributed by atoms with van der Waals surface area (Å²) in [6, 6.07) is -0.309. The Balaban J connectivity index is 3.98. The summed E-state index contributed by atoms with van der Waals surface area (Å²) in [6.45, 7) is 7.68. The van der Waals surface area contributed by atoms with Crippen molar-refractivity contribution >= 4 is 5.91 Å². The molecule has 1 amide bonds. The Kier molecular flexibility index (Phi) is 6.59. The maximum atomic E-state index is 11.6. The molecule has 0 saturated carbocycles. The molecule has 0 aromatic heterocycles. The number of unbranched alkanes of at least 4 members (excludes halogenated alkanes) is 1. The normalized spacial score (nSPS) is 12.6. The molecule has 78 valence electrons. The van der Waals surface area contributed by atoms with Crippen LogP contribution in [-0.4, -0.2) is 29.9 Å². The summed E-state index contributed by atoms with van der Waals surface area (Å²) in [6.07, 6.45) is 2.91. The van der Waals surface area contributed by atoms with E-state index in [0.29, 0.717) is 0 Å². The first-order chi connectivity index (χ1) is 6.17. The molecular weight excluding hydrogens is 164 g/mol. The Hall–Kier alpha value is -0.570. The number of hydrogen-bond acceptors (Lipinski definition) is 2. The van der Waals surface area contributed by atoms with Gasteiger partial charge in [-0.2, -0.15) is 0 Å². The highest BCUT2D eigenvalue weighted by molar-refractivity contribution is 5.81. The Labute approximate surface area is 81.3 Å². The van der Waals surface area contributed by atoms with Gasteiger partial charge in [0.25, 0.3) is 0 Å². The van der Waals surface area contributed by atoms with Gasteiger partial charge in [-0.1, -0.05) is 20.3 Å². The largest absolute Gasteiger partial charge is 0.342 e. The molecule has 2 N–H and O–H groups in total. The van der Waals surface area contributed by atoms with E-state index < -0.39 is 0 Å². The van der Waals surface area contributed by atoms with E-state index in [-0.39, 0.29) is 11.9 Å². The van der Waals surface area contributed by atoms with Crippen molar-refractivity contribution in [2.75, 3.05) is 13.1 Å². The topological polar surface area (TPSA) is 46.3 Å². The van der Waals surface area contributed by atoms with Crippen molar-refractivity contribution in [1.82, 2.24) is 4.90 Å². The molecule has 1 atom stereocenters. The smallest absolute Gasteiger partial charge is 0.239 e. The maximum Gasteiger partial charge on any atom is 0.239 e. The molecule has 0 heterocycles. The first-order valence-corrected chi connectivity index (χ1v) is 5.21. The zero-order chi connectivity index (χ0) is 10.3. The van der Waals surface area contributed by atoms with Crippen molar-refractivity contribution < 1.29 is 4.79 Å². The summed E-state index contributed by atoms with van der Waals surface area (Å²) < 4.78 is 0. The molecule has 0 spiro atoms. The van der Waals surface area contributed by atoms with Gasteiger partial charge in [0.05, 0.1) is 6.04 Å². The van der Waals surface area contributed by atoms with E-state index in [4.69, 9.17) is 5.73 Å². The third-order valence-corrected chi connectivity index (χ3v) is 2.23. The fourth-order valence-corrected chi connectivity index (χ4v) is 1.18. The van der Waals surface area contributed by atoms with E-state index in [0.717, 1.165) is 32.4 Å². The molecule has 0 radical (unpaired) electrons. The second-order valence-corrected chi connectivity index (χ2v) is 3.29. The van der Waals surface area contributed by atoms with E-state index in [1.54, 1.807) is 0 Å². The first-order valence-electron chi connectivity index (χ1n) is 5.21. The molecule has 3 heteroatoms. The number of amides is 1. The van der Waals surface area contributed by atoms with Crippen molar-refractivity contribution in [3.63, 3.8) is 0 Å². The summed E-state index contributed by atoms with van der Waals surface area (Å²) in [5, 5.41) is 0. The second kappa shape index (κ2) is 6.89. The predicted molar refractivity (Wildman–Crippen MR) is 55.4 cm³/mol. The number of rotatable bonds is 6. The number of hydrogen-bond donors (Lipinski definition) is 1. The molecule has 0 aromatic carbocycles. The van der Waals surface area contributed by atoms with Crippen LogP contribution in [-0.2, 0) is 4.79 Å². The quantitative estimate of drug-likeness (QED) is 0.681. The van der Waals surface area contributed by atoms with Crippen molar-refractivity contribution in [3.05, 3.63) is 0 Å². The van der Waals surface area contributed by atoms with Crippen LogP contribution in [0.25, 0.3) is 0 Å². The molecule has 1 unspecified atom stereocenters. The molecule has 0 fully saturated rings. The van der Waals surface area contributed by atoms with Crippen molar-refractivity contribution in [2.45, 2.75) is 46.1 Å². The molecule has 0 aliphatic carbocycles. The van der Waals surface area contributed by atoms with Crippen molar-refractivity contribution in [3.8, 4) is 0 Å². The zero-order valence-electron chi connectivity index (χ0n) is 9.05. The summed E-state index contributed by atoms with van der Waals surface area (Å²) in [7, 11) is 0. The van der Waals surface area contributed by atoms with Crippen LogP contribution >= 0.6 is 0 Å². The number of nitrogens with zero attached hydrogens (tertiary/aromatic N) is 1. The van der Waals surface area contributed by atoms with Gasteiger partial charge in [-0.05, 0) is 19.8 Å². The van der Waals surface area contributed by atoms with E-state index in [1.165, 1.54) is 0 Å². The van der Waals surface area contributed by atoms with E-state index >= 15 is 0 Å². The summed E-state index contributed by atoms with van der Waals surface area (Å²) in [5.74, 6) is 0.0958.